The summed E-state index contributed by atoms with van der Waals surface area (Å²) in [5.41, 5.74) is -1.49. The molecule has 210 valence electrons. The van der Waals surface area contributed by atoms with E-state index >= 15 is 0 Å². The van der Waals surface area contributed by atoms with Gasteiger partial charge >= 0.3 is 59.1 Å². The molecule has 0 amide bonds. The summed E-state index contributed by atoms with van der Waals surface area (Å²) in [6, 6.07) is 7.72. The van der Waals surface area contributed by atoms with E-state index in [-0.39, 0.29) is 94.4 Å². The molecule has 1 aromatic rings. The van der Waals surface area contributed by atoms with Gasteiger partial charge in [0.15, 0.2) is 0 Å². The van der Waals surface area contributed by atoms with Gasteiger partial charge in [0, 0.05) is 22.7 Å². The van der Waals surface area contributed by atoms with Crippen LogP contribution in [-0.4, -0.2) is 49.0 Å². The van der Waals surface area contributed by atoms with E-state index in [0.29, 0.717) is 25.7 Å². The summed E-state index contributed by atoms with van der Waals surface area (Å²) in [6.07, 6.45) is 3.25. The first kappa shape index (κ1) is 34.9. The Kier molecular flexibility index (Phi) is 9.65. The van der Waals surface area contributed by atoms with Crippen LogP contribution < -0.4 is 59.1 Å². The zero-order valence-corrected chi connectivity index (χ0v) is 30.0. The Morgan fingerprint density at radius 2 is 0.975 bits per heavy atom. The van der Waals surface area contributed by atoms with Crippen molar-refractivity contribution in [1.29, 1.82) is 0 Å². The quantitative estimate of drug-likeness (QED) is 0.225. The fourth-order valence-corrected chi connectivity index (χ4v) is 11.8. The Morgan fingerprint density at radius 3 is 1.25 bits per heavy atom. The van der Waals surface area contributed by atoms with Crippen LogP contribution in [0.15, 0.2) is 24.3 Å². The second-order valence-corrected chi connectivity index (χ2v) is 16.3. The van der Waals surface area contributed by atoms with Crippen molar-refractivity contribution in [3.05, 3.63) is 35.4 Å². The largest absolute Gasteiger partial charge is 1.00 e. The molecule has 4 bridgehead atoms. The van der Waals surface area contributed by atoms with E-state index in [9.17, 15) is 35.5 Å². The van der Waals surface area contributed by atoms with Crippen molar-refractivity contribution in [3.8, 4) is 0 Å². The molecular formula is C28H36Na2O8S2. The molecule has 0 saturated heterocycles. The van der Waals surface area contributed by atoms with Gasteiger partial charge in [-0.15, -0.1) is 0 Å². The zero-order chi connectivity index (χ0) is 28.1. The monoisotopic (exact) mass is 610 g/mol. The summed E-state index contributed by atoms with van der Waals surface area (Å²) in [4.78, 5) is 27.0. The van der Waals surface area contributed by atoms with Crippen molar-refractivity contribution in [2.45, 2.75) is 66.2 Å². The van der Waals surface area contributed by atoms with Crippen molar-refractivity contribution in [3.63, 3.8) is 0 Å². The fourth-order valence-electron chi connectivity index (χ4n) is 9.30. The zero-order valence-electron chi connectivity index (χ0n) is 24.4. The van der Waals surface area contributed by atoms with Gasteiger partial charge < -0.3 is 9.11 Å². The van der Waals surface area contributed by atoms with Gasteiger partial charge in [0.05, 0.1) is 31.7 Å². The second kappa shape index (κ2) is 11.1. The Morgan fingerprint density at radius 1 is 0.675 bits per heavy atom. The number of benzene rings is 1. The molecule has 0 aliphatic heterocycles. The molecule has 0 heterocycles. The van der Waals surface area contributed by atoms with Gasteiger partial charge in [0.1, 0.15) is 11.6 Å². The number of carbonyl (C=O) groups excluding carboxylic acids is 2. The maximum atomic E-state index is 13.5. The van der Waals surface area contributed by atoms with E-state index in [2.05, 4.69) is 0 Å². The van der Waals surface area contributed by atoms with Crippen LogP contribution in [0.2, 0.25) is 0 Å². The van der Waals surface area contributed by atoms with Crippen LogP contribution >= 0.6 is 0 Å². The van der Waals surface area contributed by atoms with Crippen LogP contribution in [0, 0.1) is 45.3 Å². The average Bonchev–Trinajstić information content (AvgIpc) is 3.27. The topological polar surface area (TPSA) is 149 Å². The first-order valence-electron chi connectivity index (χ1n) is 13.4. The Balaban J connectivity index is 0.00000220. The Labute approximate surface area is 282 Å². The molecule has 5 rings (SSSR count). The van der Waals surface area contributed by atoms with Crippen LogP contribution in [0.5, 0.6) is 0 Å². The first-order valence-corrected chi connectivity index (χ1v) is 16.5. The maximum absolute atomic E-state index is 13.5. The summed E-state index contributed by atoms with van der Waals surface area (Å²) in [6.45, 7) is 7.65. The molecule has 1 aromatic carbocycles. The summed E-state index contributed by atoms with van der Waals surface area (Å²) in [5.74, 6) is -2.16. The average molecular weight is 611 g/mol. The number of hydrogen-bond acceptors (Lipinski definition) is 8. The van der Waals surface area contributed by atoms with Crippen LogP contribution in [0.25, 0.3) is 0 Å². The molecule has 0 N–H and O–H groups in total. The number of carbonyl (C=O) groups is 2. The molecule has 4 aliphatic carbocycles. The first-order chi connectivity index (χ1) is 17.3. The van der Waals surface area contributed by atoms with Gasteiger partial charge in [-0.3, -0.25) is 9.59 Å². The molecular weight excluding hydrogens is 574 g/mol. The summed E-state index contributed by atoms with van der Waals surface area (Å²) >= 11 is 0. The van der Waals surface area contributed by atoms with Gasteiger partial charge in [0.2, 0.25) is 0 Å². The van der Waals surface area contributed by atoms with Gasteiger partial charge in [-0.25, -0.2) is 16.8 Å². The normalized spacial score (nSPS) is 35.5. The molecule has 0 aromatic heterocycles. The van der Waals surface area contributed by atoms with Crippen LogP contribution in [-0.2, 0) is 42.7 Å². The predicted octanol–water partition coefficient (Wildman–Crippen LogP) is -2.89. The van der Waals surface area contributed by atoms with Crippen molar-refractivity contribution < 1.29 is 94.6 Å². The van der Waals surface area contributed by atoms with E-state index in [4.69, 9.17) is 0 Å². The number of rotatable bonds is 8. The molecule has 40 heavy (non-hydrogen) atoms. The molecule has 6 unspecified atom stereocenters. The van der Waals surface area contributed by atoms with Crippen molar-refractivity contribution >= 4 is 31.8 Å². The number of fused-ring (bicyclic) bond motifs is 4. The van der Waals surface area contributed by atoms with Crippen LogP contribution in [0.4, 0.5) is 0 Å². The summed E-state index contributed by atoms with van der Waals surface area (Å²) < 4.78 is 70.0. The third-order valence-electron chi connectivity index (χ3n) is 11.5. The van der Waals surface area contributed by atoms with Gasteiger partial charge in [-0.2, -0.15) is 0 Å². The SMILES string of the molecule is CC1(C)C2CCC1(CS(=O)(=O)[O-])C(=O)C2Cc1ccc(CC2C(=O)C3(CS(=O)(=O)[O-])CCC2C3(C)C)cc1.[Na+].[Na+]. The van der Waals surface area contributed by atoms with Gasteiger partial charge in [0.25, 0.3) is 0 Å². The molecule has 0 spiro atoms. The van der Waals surface area contributed by atoms with E-state index in [1.165, 1.54) is 0 Å². The van der Waals surface area contributed by atoms with E-state index in [1.54, 1.807) is 0 Å². The smallest absolute Gasteiger partial charge is 0.748 e. The number of hydrogen-bond donors (Lipinski definition) is 0. The van der Waals surface area contributed by atoms with E-state index in [0.717, 1.165) is 24.0 Å². The van der Waals surface area contributed by atoms with Crippen LogP contribution in [0.1, 0.15) is 64.5 Å². The van der Waals surface area contributed by atoms with Crippen molar-refractivity contribution in [2.24, 2.45) is 45.3 Å². The molecule has 12 heteroatoms. The van der Waals surface area contributed by atoms with Gasteiger partial charge in [-0.05, 0) is 72.3 Å². The Hall–Kier alpha value is 0.380. The molecule has 0 radical (unpaired) electrons. The molecule has 4 fully saturated rings. The number of Topliss-reactive ketones (excluding diaryl/α,β-unsaturated/α-hetero) is 2. The number of ketones is 2. The third kappa shape index (κ3) is 5.32. The molecule has 6 atom stereocenters. The molecule has 8 nitrogen and oxygen atoms in total. The fraction of sp³-hybridized carbons (Fsp3) is 0.714. The predicted molar refractivity (Wildman–Crippen MR) is 138 cm³/mol. The minimum Gasteiger partial charge on any atom is -0.748 e. The van der Waals surface area contributed by atoms with Crippen molar-refractivity contribution in [1.82, 2.24) is 0 Å². The van der Waals surface area contributed by atoms with Crippen LogP contribution in [0.3, 0.4) is 0 Å². The van der Waals surface area contributed by atoms with Crippen molar-refractivity contribution in [2.75, 3.05) is 11.5 Å². The third-order valence-corrected chi connectivity index (χ3v) is 13.1. The van der Waals surface area contributed by atoms with Gasteiger partial charge in [-0.1, -0.05) is 52.0 Å². The van der Waals surface area contributed by atoms with E-state index in [1.807, 2.05) is 52.0 Å². The maximum Gasteiger partial charge on any atom is 1.00 e. The Bertz CT molecular complexity index is 1300. The summed E-state index contributed by atoms with van der Waals surface area (Å²) in [7, 11) is -9.10. The minimum atomic E-state index is -4.55. The van der Waals surface area contributed by atoms with E-state index < -0.39 is 53.4 Å². The minimum absolute atomic E-state index is 0. The molecule has 4 saturated carbocycles. The summed E-state index contributed by atoms with van der Waals surface area (Å²) in [5, 5.41) is 0. The molecule has 4 aliphatic rings. The standard InChI is InChI=1S/C28H38O8S2.2Na/c1-25(2)21-9-11-27(25,15-37(31,32)33)23(29)19(21)13-17-5-7-18(8-6-17)14-20-22-10-12-28(24(20)30,26(22,3)4)16-38(34,35)36;;/h5-8,19-22H,9-16H2,1-4H3,(H,31,32,33)(H,34,35,36);;/q;2*+1/p-2. The second-order valence-electron chi connectivity index (χ2n) is 13.5.